The molecule has 8 nitrogen and oxygen atoms in total. The zero-order valence-electron chi connectivity index (χ0n) is 21.5. The van der Waals surface area contributed by atoms with Crippen LogP contribution in [0.4, 0.5) is 17.6 Å². The van der Waals surface area contributed by atoms with Crippen LogP contribution in [0.1, 0.15) is 45.7 Å². The molecule has 0 aliphatic carbocycles. The highest BCUT2D eigenvalue weighted by Crippen LogP contribution is 2.31. The van der Waals surface area contributed by atoms with Crippen LogP contribution in [0.5, 0.6) is 0 Å². The Morgan fingerprint density at radius 1 is 1.10 bits per heavy atom. The average Bonchev–Trinajstić information content (AvgIpc) is 3.31. The summed E-state index contributed by atoms with van der Waals surface area (Å²) in [5.41, 5.74) is 0.364. The summed E-state index contributed by atoms with van der Waals surface area (Å²) in [5, 5.41) is 11.6. The maximum atomic E-state index is 13.3. The van der Waals surface area contributed by atoms with E-state index in [0.29, 0.717) is 55.0 Å². The molecule has 0 spiro atoms. The van der Waals surface area contributed by atoms with Gasteiger partial charge < -0.3 is 9.80 Å². The van der Waals surface area contributed by atoms with Gasteiger partial charge in [0.2, 0.25) is 5.91 Å². The van der Waals surface area contributed by atoms with Crippen LogP contribution < -0.4 is 0 Å². The molecule has 2 aromatic carbocycles. The Morgan fingerprint density at radius 2 is 1.79 bits per heavy atom. The maximum Gasteiger partial charge on any atom is 0.416 e. The van der Waals surface area contributed by atoms with Crippen molar-refractivity contribution in [2.24, 2.45) is 5.92 Å². The first-order chi connectivity index (χ1) is 18.5. The van der Waals surface area contributed by atoms with Crippen molar-refractivity contribution in [2.45, 2.75) is 32.5 Å². The van der Waals surface area contributed by atoms with Gasteiger partial charge in [-0.25, -0.2) is 4.39 Å². The Hall–Kier alpha value is -4.09. The summed E-state index contributed by atoms with van der Waals surface area (Å²) >= 11 is 0. The van der Waals surface area contributed by atoms with Crippen molar-refractivity contribution in [3.63, 3.8) is 0 Å². The number of rotatable bonds is 7. The molecule has 0 N–H and O–H groups in total. The van der Waals surface area contributed by atoms with Crippen molar-refractivity contribution in [2.75, 3.05) is 26.7 Å². The molecule has 206 valence electrons. The molecule has 12 heteroatoms. The van der Waals surface area contributed by atoms with Crippen molar-refractivity contribution in [1.82, 2.24) is 30.0 Å². The summed E-state index contributed by atoms with van der Waals surface area (Å²) in [6, 6.07) is 8.76. The molecule has 3 aromatic rings. The van der Waals surface area contributed by atoms with Crippen LogP contribution >= 0.6 is 0 Å². The number of likely N-dealkylation sites (N-methyl/N-ethyl adjacent to an activating group) is 1. The van der Waals surface area contributed by atoms with Crippen molar-refractivity contribution in [3.8, 4) is 0 Å². The van der Waals surface area contributed by atoms with Gasteiger partial charge in [0.15, 0.2) is 5.82 Å². The van der Waals surface area contributed by atoms with Crippen LogP contribution in [0, 0.1) is 18.7 Å². The van der Waals surface area contributed by atoms with Gasteiger partial charge in [-0.05, 0) is 84.5 Å². The normalized spacial score (nSPS) is 14.7. The highest BCUT2D eigenvalue weighted by atomic mass is 19.4. The van der Waals surface area contributed by atoms with Gasteiger partial charge in [0.1, 0.15) is 5.82 Å². The van der Waals surface area contributed by atoms with Gasteiger partial charge in [-0.1, -0.05) is 6.07 Å². The van der Waals surface area contributed by atoms with Gasteiger partial charge in [0, 0.05) is 38.3 Å². The molecule has 1 aliphatic rings. The van der Waals surface area contributed by atoms with Crippen molar-refractivity contribution < 1.29 is 27.2 Å². The third-order valence-corrected chi connectivity index (χ3v) is 6.64. The fraction of sp³-hybridized carbons (Fsp3) is 0.370. The van der Waals surface area contributed by atoms with E-state index in [4.69, 9.17) is 0 Å². The van der Waals surface area contributed by atoms with Gasteiger partial charge in [-0.3, -0.25) is 9.59 Å². The predicted octanol–water partition coefficient (Wildman–Crippen LogP) is 4.21. The lowest BCUT2D eigenvalue weighted by Crippen LogP contribution is -2.41. The minimum absolute atomic E-state index is 0.0380. The molecule has 0 saturated carbocycles. The molecule has 2 amide bonds. The second kappa shape index (κ2) is 11.7. The highest BCUT2D eigenvalue weighted by molar-refractivity contribution is 5.94. The first kappa shape index (κ1) is 27.9. The summed E-state index contributed by atoms with van der Waals surface area (Å²) in [6.45, 7) is 3.12. The number of likely N-dealkylation sites (tertiary alicyclic amines) is 1. The van der Waals surface area contributed by atoms with Crippen molar-refractivity contribution in [1.29, 1.82) is 0 Å². The van der Waals surface area contributed by atoms with Crippen LogP contribution in [0.2, 0.25) is 0 Å². The Kier molecular flexibility index (Phi) is 8.41. The number of piperidine rings is 1. The zero-order chi connectivity index (χ0) is 28.2. The van der Waals surface area contributed by atoms with Crippen molar-refractivity contribution in [3.05, 3.63) is 82.4 Å². The van der Waals surface area contributed by atoms with Crippen LogP contribution in [0.15, 0.2) is 48.5 Å². The van der Waals surface area contributed by atoms with E-state index in [9.17, 15) is 27.2 Å². The van der Waals surface area contributed by atoms with Gasteiger partial charge >= 0.3 is 6.18 Å². The van der Waals surface area contributed by atoms with Crippen molar-refractivity contribution >= 4 is 17.9 Å². The van der Waals surface area contributed by atoms with E-state index < -0.39 is 17.6 Å². The third-order valence-electron chi connectivity index (χ3n) is 6.64. The minimum atomic E-state index is -4.52. The molecule has 39 heavy (non-hydrogen) atoms. The molecule has 0 atom stereocenters. The molecule has 1 saturated heterocycles. The summed E-state index contributed by atoms with van der Waals surface area (Å²) in [7, 11) is 1.67. The fourth-order valence-corrected chi connectivity index (χ4v) is 4.48. The van der Waals surface area contributed by atoms with E-state index in [1.54, 1.807) is 23.8 Å². The van der Waals surface area contributed by atoms with Gasteiger partial charge in [-0.2, -0.15) is 18.0 Å². The topological polar surface area (TPSA) is 84.2 Å². The molecular weight excluding hydrogens is 516 g/mol. The standard InChI is InChI=1S/C27H28F4N6O2/c1-18-32-34-37(33-18)17-22-15-23(27(29,30)31)7-3-20(22)6-10-25(38)35(2)16-19-11-13-36(14-12-19)26(39)21-4-8-24(28)9-5-21/h3-10,15,19H,11-14,16-17H2,1-2H3. The van der Waals surface area contributed by atoms with E-state index in [2.05, 4.69) is 15.4 Å². The lowest BCUT2D eigenvalue weighted by atomic mass is 9.95. The van der Waals surface area contributed by atoms with Crippen LogP contribution in [-0.4, -0.2) is 68.5 Å². The number of alkyl halides is 3. The lowest BCUT2D eigenvalue weighted by molar-refractivity contribution is -0.137. The van der Waals surface area contributed by atoms with E-state index in [1.807, 2.05) is 0 Å². The minimum Gasteiger partial charge on any atom is -0.342 e. The van der Waals surface area contributed by atoms with Gasteiger partial charge in [-0.15, -0.1) is 10.2 Å². The number of halogens is 4. The summed E-state index contributed by atoms with van der Waals surface area (Å²) in [4.78, 5) is 29.9. The summed E-state index contributed by atoms with van der Waals surface area (Å²) in [5.74, 6) is -0.261. The zero-order valence-corrected chi connectivity index (χ0v) is 21.5. The molecule has 4 rings (SSSR count). The fourth-order valence-electron chi connectivity index (χ4n) is 4.48. The Balaban J connectivity index is 1.36. The Labute approximate surface area is 222 Å². The number of hydrogen-bond acceptors (Lipinski definition) is 5. The predicted molar refractivity (Wildman–Crippen MR) is 135 cm³/mol. The second-order valence-corrected chi connectivity index (χ2v) is 9.57. The monoisotopic (exact) mass is 544 g/mol. The number of benzene rings is 2. The molecule has 1 fully saturated rings. The van der Waals surface area contributed by atoms with Gasteiger partial charge in [0.25, 0.3) is 5.91 Å². The SMILES string of the molecule is Cc1nnn(Cc2cc(C(F)(F)F)ccc2C=CC(=O)N(C)CC2CCN(C(=O)c3ccc(F)cc3)CC2)n1. The number of carbonyl (C=O) groups excluding carboxylic acids is 2. The Morgan fingerprint density at radius 3 is 2.41 bits per heavy atom. The number of tetrazole rings is 1. The average molecular weight is 545 g/mol. The highest BCUT2D eigenvalue weighted by Gasteiger charge is 2.31. The Bertz CT molecular complexity index is 1350. The first-order valence-electron chi connectivity index (χ1n) is 12.4. The number of nitrogens with zero attached hydrogens (tertiary/aromatic N) is 6. The van der Waals surface area contributed by atoms with Crippen LogP contribution in [-0.2, 0) is 17.5 Å². The number of aromatic nitrogens is 4. The van der Waals surface area contributed by atoms with Gasteiger partial charge in [0.05, 0.1) is 12.1 Å². The molecule has 1 aromatic heterocycles. The lowest BCUT2D eigenvalue weighted by Gasteiger charge is -2.33. The number of amides is 2. The quantitative estimate of drug-likeness (QED) is 0.329. The second-order valence-electron chi connectivity index (χ2n) is 9.57. The van der Waals surface area contributed by atoms with Crippen LogP contribution in [0.3, 0.4) is 0 Å². The van der Waals surface area contributed by atoms with E-state index >= 15 is 0 Å². The molecule has 2 heterocycles. The summed E-state index contributed by atoms with van der Waals surface area (Å²) in [6.07, 6.45) is -0.275. The largest absolute Gasteiger partial charge is 0.416 e. The molecular formula is C27H28F4N6O2. The molecule has 0 bridgehead atoms. The summed E-state index contributed by atoms with van der Waals surface area (Å²) < 4.78 is 53.0. The molecule has 0 unspecified atom stereocenters. The molecule has 0 radical (unpaired) electrons. The maximum absolute atomic E-state index is 13.3. The van der Waals surface area contributed by atoms with E-state index in [1.165, 1.54) is 47.3 Å². The number of carbonyl (C=O) groups is 2. The van der Waals surface area contributed by atoms with E-state index in [-0.39, 0.29) is 24.3 Å². The van der Waals surface area contributed by atoms with E-state index in [0.717, 1.165) is 12.1 Å². The van der Waals surface area contributed by atoms with Crippen LogP contribution in [0.25, 0.3) is 6.08 Å². The molecule has 1 aliphatic heterocycles. The first-order valence-corrected chi connectivity index (χ1v) is 12.4. The number of hydrogen-bond donors (Lipinski definition) is 0. The number of aryl methyl sites for hydroxylation is 1. The smallest absolute Gasteiger partial charge is 0.342 e. The third kappa shape index (κ3) is 7.27.